The number of sulfonamides is 1. The van der Waals surface area contributed by atoms with Gasteiger partial charge in [-0.05, 0) is 44.0 Å². The number of hydrogen-bond acceptors (Lipinski definition) is 7. The van der Waals surface area contributed by atoms with Crippen molar-refractivity contribution in [3.8, 4) is 5.69 Å². The minimum Gasteiger partial charge on any atom is -0.356 e. The summed E-state index contributed by atoms with van der Waals surface area (Å²) in [4.78, 5) is 6.76. The van der Waals surface area contributed by atoms with Crippen LogP contribution in [0.3, 0.4) is 0 Å². The van der Waals surface area contributed by atoms with E-state index in [1.54, 1.807) is 18.3 Å². The molecule has 0 saturated carbocycles. The van der Waals surface area contributed by atoms with Crippen LogP contribution in [0, 0.1) is 6.92 Å². The summed E-state index contributed by atoms with van der Waals surface area (Å²) >= 11 is 0. The van der Waals surface area contributed by atoms with E-state index in [0.717, 1.165) is 48.7 Å². The number of pyridine rings is 1. The van der Waals surface area contributed by atoms with E-state index in [1.807, 2.05) is 55.8 Å². The van der Waals surface area contributed by atoms with Crippen LogP contribution in [0.4, 0.5) is 11.6 Å². The molecule has 1 fully saturated rings. The molecule has 0 bridgehead atoms. The number of rotatable bonds is 9. The van der Waals surface area contributed by atoms with Crippen LogP contribution in [0.15, 0.2) is 58.7 Å². The van der Waals surface area contributed by atoms with Crippen LogP contribution in [0.5, 0.6) is 0 Å². The van der Waals surface area contributed by atoms with Gasteiger partial charge in [0.25, 0.3) is 0 Å². The van der Waals surface area contributed by atoms with E-state index in [-0.39, 0.29) is 4.90 Å². The van der Waals surface area contributed by atoms with Gasteiger partial charge in [0.2, 0.25) is 10.0 Å². The van der Waals surface area contributed by atoms with Crippen molar-refractivity contribution >= 4 is 27.9 Å². The first-order valence-corrected chi connectivity index (χ1v) is 13.0. The fourth-order valence-corrected chi connectivity index (χ4v) is 5.54. The molecule has 9 nitrogen and oxygen atoms in total. The lowest BCUT2D eigenvalue weighted by Gasteiger charge is -2.20. The molecule has 1 aliphatic heterocycles. The maximum Gasteiger partial charge on any atom is 0.244 e. The number of benzene rings is 1. The number of hydrogen-bond donors (Lipinski definition) is 1. The molecule has 1 aliphatic rings. The van der Waals surface area contributed by atoms with Crippen molar-refractivity contribution in [1.82, 2.24) is 19.1 Å². The molecule has 0 radical (unpaired) electrons. The lowest BCUT2D eigenvalue weighted by Crippen LogP contribution is -2.30. The maximum absolute atomic E-state index is 12.6. The Hall–Kier alpha value is -3.24. The van der Waals surface area contributed by atoms with E-state index < -0.39 is 10.0 Å². The fraction of sp³-hybridized carbons (Fsp3) is 0.375. The number of nitrogens with one attached hydrogen (secondary N) is 1. The number of anilines is 2. The van der Waals surface area contributed by atoms with Gasteiger partial charge in [0.15, 0.2) is 0 Å². The van der Waals surface area contributed by atoms with Crippen LogP contribution in [0.2, 0.25) is 0 Å². The van der Waals surface area contributed by atoms with Gasteiger partial charge in [0.1, 0.15) is 16.5 Å². The lowest BCUT2D eigenvalue weighted by molar-refractivity contribution is 0.445. The highest BCUT2D eigenvalue weighted by molar-refractivity contribution is 7.89. The van der Waals surface area contributed by atoms with Crippen molar-refractivity contribution in [3.05, 3.63) is 59.9 Å². The lowest BCUT2D eigenvalue weighted by atomic mass is 10.2. The van der Waals surface area contributed by atoms with Gasteiger partial charge in [0.05, 0.1) is 23.2 Å². The van der Waals surface area contributed by atoms with Gasteiger partial charge in [-0.15, -0.1) is 0 Å². The van der Waals surface area contributed by atoms with Gasteiger partial charge in [-0.2, -0.15) is 14.5 Å². The fourth-order valence-electron chi connectivity index (χ4n) is 4.14. The summed E-state index contributed by atoms with van der Waals surface area (Å²) in [7, 11) is -3.54. The Morgan fingerprint density at radius 1 is 1.09 bits per heavy atom. The molecule has 2 aromatic heterocycles. The van der Waals surface area contributed by atoms with Crippen molar-refractivity contribution < 1.29 is 8.42 Å². The number of aryl methyl sites for hydroxylation is 1. The molecular weight excluding hydrogens is 450 g/mol. The topological polar surface area (TPSA) is 95.7 Å². The van der Waals surface area contributed by atoms with Gasteiger partial charge in [-0.3, -0.25) is 5.43 Å². The molecule has 3 aromatic rings. The second-order valence-electron chi connectivity index (χ2n) is 8.10. The first-order valence-electron chi connectivity index (χ1n) is 11.6. The van der Waals surface area contributed by atoms with Gasteiger partial charge < -0.3 is 4.90 Å². The summed E-state index contributed by atoms with van der Waals surface area (Å²) in [6.45, 7) is 8.41. The molecule has 0 aliphatic carbocycles. The van der Waals surface area contributed by atoms with E-state index in [2.05, 4.69) is 20.4 Å². The molecule has 1 aromatic carbocycles. The molecule has 0 atom stereocenters. The highest BCUT2D eigenvalue weighted by Crippen LogP contribution is 2.29. The Morgan fingerprint density at radius 3 is 2.41 bits per heavy atom. The summed E-state index contributed by atoms with van der Waals surface area (Å²) in [5.74, 6) is 1.49. The van der Waals surface area contributed by atoms with Crippen molar-refractivity contribution in [2.45, 2.75) is 38.5 Å². The van der Waals surface area contributed by atoms with Crippen LogP contribution >= 0.6 is 0 Å². The number of para-hydroxylation sites is 1. The van der Waals surface area contributed by atoms with Crippen molar-refractivity contribution in [2.75, 3.05) is 36.5 Å². The molecule has 1 N–H and O–H groups in total. The Morgan fingerprint density at radius 2 is 1.79 bits per heavy atom. The number of hydrazone groups is 1. The van der Waals surface area contributed by atoms with Crippen molar-refractivity contribution in [3.63, 3.8) is 0 Å². The normalized spacial score (nSPS) is 14.4. The third-order valence-electron chi connectivity index (χ3n) is 5.94. The summed E-state index contributed by atoms with van der Waals surface area (Å²) in [6, 6.07) is 13.3. The Labute approximate surface area is 201 Å². The SMILES string of the molecule is CCN(CC)S(=O)(=O)c1ccc(N/N=C/c2c(C)nn(-c3ccccc3)c2N2CCCC2)nc1. The first-order chi connectivity index (χ1) is 16.5. The zero-order valence-electron chi connectivity index (χ0n) is 19.8. The molecule has 10 heteroatoms. The summed E-state index contributed by atoms with van der Waals surface area (Å²) in [5, 5.41) is 9.18. The highest BCUT2D eigenvalue weighted by Gasteiger charge is 2.24. The van der Waals surface area contributed by atoms with Crippen LogP contribution in [0.25, 0.3) is 5.69 Å². The third-order valence-corrected chi connectivity index (χ3v) is 7.97. The van der Waals surface area contributed by atoms with Gasteiger partial charge in [0, 0.05) is 32.4 Å². The molecule has 0 amide bonds. The molecule has 34 heavy (non-hydrogen) atoms. The largest absolute Gasteiger partial charge is 0.356 e. The Bertz CT molecular complexity index is 1230. The zero-order valence-corrected chi connectivity index (χ0v) is 20.7. The Balaban J connectivity index is 1.57. The summed E-state index contributed by atoms with van der Waals surface area (Å²) in [5.41, 5.74) is 5.75. The summed E-state index contributed by atoms with van der Waals surface area (Å²) < 4.78 is 28.7. The van der Waals surface area contributed by atoms with Gasteiger partial charge in [-0.1, -0.05) is 32.0 Å². The van der Waals surface area contributed by atoms with E-state index in [9.17, 15) is 8.42 Å². The predicted octanol–water partition coefficient (Wildman–Crippen LogP) is 3.65. The van der Waals surface area contributed by atoms with Crippen LogP contribution in [-0.2, 0) is 10.0 Å². The second-order valence-corrected chi connectivity index (χ2v) is 10.0. The van der Waals surface area contributed by atoms with E-state index >= 15 is 0 Å². The first kappa shape index (κ1) is 23.9. The van der Waals surface area contributed by atoms with Crippen LogP contribution < -0.4 is 10.3 Å². The minimum atomic E-state index is -3.54. The van der Waals surface area contributed by atoms with E-state index in [4.69, 9.17) is 5.10 Å². The minimum absolute atomic E-state index is 0.169. The van der Waals surface area contributed by atoms with Crippen LogP contribution in [-0.4, -0.2) is 59.9 Å². The number of nitrogens with zero attached hydrogens (tertiary/aromatic N) is 6. The quantitative estimate of drug-likeness (QED) is 0.370. The maximum atomic E-state index is 12.6. The molecule has 180 valence electrons. The van der Waals surface area contributed by atoms with Crippen LogP contribution in [0.1, 0.15) is 37.9 Å². The molecule has 0 unspecified atom stereocenters. The standard InChI is InChI=1S/C24H31N7O2S/c1-4-30(5-2)34(32,33)21-13-14-23(25-17-21)27-26-18-22-19(3)28-31(20-11-7-6-8-12-20)24(22)29-15-9-10-16-29/h6-8,11-14,17-18H,4-5,9-10,15-16H2,1-3H3,(H,25,27)/b26-18+. The highest BCUT2D eigenvalue weighted by atomic mass is 32.2. The third kappa shape index (κ3) is 4.83. The van der Waals surface area contributed by atoms with Crippen molar-refractivity contribution in [2.24, 2.45) is 5.10 Å². The molecular formula is C24H31N7O2S. The van der Waals surface area contributed by atoms with Gasteiger partial charge in [-0.25, -0.2) is 18.1 Å². The molecule has 1 saturated heterocycles. The molecule has 3 heterocycles. The molecule has 4 rings (SSSR count). The monoisotopic (exact) mass is 481 g/mol. The van der Waals surface area contributed by atoms with E-state index in [1.165, 1.54) is 10.5 Å². The van der Waals surface area contributed by atoms with Crippen molar-refractivity contribution in [1.29, 1.82) is 0 Å². The Kier molecular flexibility index (Phi) is 7.28. The smallest absolute Gasteiger partial charge is 0.244 e. The second kappa shape index (κ2) is 10.4. The zero-order chi connectivity index (χ0) is 24.1. The van der Waals surface area contributed by atoms with E-state index in [0.29, 0.717) is 18.9 Å². The number of aromatic nitrogens is 3. The predicted molar refractivity (Wildman–Crippen MR) is 135 cm³/mol. The average molecular weight is 482 g/mol. The van der Waals surface area contributed by atoms with Gasteiger partial charge >= 0.3 is 0 Å². The molecule has 0 spiro atoms. The average Bonchev–Trinajstić information content (AvgIpc) is 3.49. The summed E-state index contributed by atoms with van der Waals surface area (Å²) in [6.07, 6.45) is 5.43.